The maximum atomic E-state index is 11.6. The molecule has 1 amide bonds. The van der Waals surface area contributed by atoms with Crippen molar-refractivity contribution in [2.24, 2.45) is 0 Å². The fourth-order valence-corrected chi connectivity index (χ4v) is 3.41. The molecule has 0 atom stereocenters. The van der Waals surface area contributed by atoms with E-state index in [0.29, 0.717) is 6.54 Å². The van der Waals surface area contributed by atoms with Gasteiger partial charge in [0.25, 0.3) is 0 Å². The summed E-state index contributed by atoms with van der Waals surface area (Å²) < 4.78 is 24.8. The first-order valence-electron chi connectivity index (χ1n) is 10.9. The van der Waals surface area contributed by atoms with Crippen LogP contribution in [0, 0.1) is 0 Å². The molecule has 1 aromatic carbocycles. The normalized spacial score (nSPS) is 23.8. The highest BCUT2D eigenvalue weighted by Gasteiger charge is 2.53. The molecule has 0 saturated carbocycles. The molecule has 3 rings (SSSR count). The number of nitrogens with one attached hydrogen (secondary N) is 1. The average molecular weight is 427 g/mol. The van der Waals surface area contributed by atoms with Crippen LogP contribution in [0.4, 0.5) is 0 Å². The second-order valence-corrected chi connectivity index (χ2v) is 10.5. The van der Waals surface area contributed by atoms with E-state index >= 15 is 0 Å². The van der Waals surface area contributed by atoms with Crippen LogP contribution in [0.3, 0.4) is 0 Å². The van der Waals surface area contributed by atoms with Gasteiger partial charge < -0.3 is 23.9 Å². The minimum atomic E-state index is -0.544. The third kappa shape index (κ3) is 4.92. The van der Waals surface area contributed by atoms with Crippen molar-refractivity contribution in [3.05, 3.63) is 35.3 Å². The molecule has 31 heavy (non-hydrogen) atoms. The van der Waals surface area contributed by atoms with Crippen LogP contribution < -0.4 is 10.8 Å². The molecule has 0 aromatic heterocycles. The van der Waals surface area contributed by atoms with Gasteiger partial charge >= 0.3 is 14.2 Å². The smallest absolute Gasteiger partial charge is 0.400 e. The molecule has 1 aromatic rings. The summed E-state index contributed by atoms with van der Waals surface area (Å²) in [6.45, 7) is 18.1. The fourth-order valence-electron chi connectivity index (χ4n) is 3.41. The minimum absolute atomic E-state index is 0.103. The predicted molar refractivity (Wildman–Crippen MR) is 125 cm³/mol. The molecule has 2 aliphatic heterocycles. The van der Waals surface area contributed by atoms with Crippen LogP contribution in [-0.2, 0) is 23.4 Å². The van der Waals surface area contributed by atoms with E-state index in [1.165, 1.54) is 6.92 Å². The van der Waals surface area contributed by atoms with Gasteiger partial charge in [0.05, 0.1) is 22.4 Å². The lowest BCUT2D eigenvalue weighted by Crippen LogP contribution is -2.41. The van der Waals surface area contributed by atoms with Gasteiger partial charge in [0.2, 0.25) is 5.91 Å². The van der Waals surface area contributed by atoms with Crippen LogP contribution in [0.25, 0.3) is 6.08 Å². The fraction of sp³-hybridized carbons (Fsp3) is 0.609. The van der Waals surface area contributed by atoms with Gasteiger partial charge in [-0.1, -0.05) is 30.3 Å². The van der Waals surface area contributed by atoms with Crippen molar-refractivity contribution in [1.29, 1.82) is 0 Å². The summed E-state index contributed by atoms with van der Waals surface area (Å²) in [5, 5.41) is 2.87. The van der Waals surface area contributed by atoms with Crippen LogP contribution in [-0.4, -0.2) is 49.1 Å². The molecule has 0 radical (unpaired) electrons. The molecule has 2 fully saturated rings. The number of amides is 1. The van der Waals surface area contributed by atoms with Gasteiger partial charge in [0.1, 0.15) is 0 Å². The highest BCUT2D eigenvalue weighted by Crippen LogP contribution is 2.39. The van der Waals surface area contributed by atoms with Gasteiger partial charge in [-0.3, -0.25) is 4.79 Å². The van der Waals surface area contributed by atoms with E-state index < -0.39 is 36.6 Å². The molecule has 0 bridgehead atoms. The van der Waals surface area contributed by atoms with Crippen molar-refractivity contribution < 1.29 is 23.4 Å². The summed E-state index contributed by atoms with van der Waals surface area (Å²) in [7, 11) is -0.980. The Balaban J connectivity index is 1.89. The molecule has 2 heterocycles. The molecule has 168 valence electrons. The van der Waals surface area contributed by atoms with Crippen molar-refractivity contribution in [2.45, 2.75) is 84.7 Å². The van der Waals surface area contributed by atoms with Gasteiger partial charge in [-0.15, -0.1) is 0 Å². The van der Waals surface area contributed by atoms with E-state index in [9.17, 15) is 4.79 Å². The lowest BCUT2D eigenvalue weighted by Gasteiger charge is -2.32. The van der Waals surface area contributed by atoms with Crippen LogP contribution in [0.15, 0.2) is 29.7 Å². The minimum Gasteiger partial charge on any atom is -0.400 e. The van der Waals surface area contributed by atoms with Crippen molar-refractivity contribution in [3.63, 3.8) is 0 Å². The van der Waals surface area contributed by atoms with Crippen molar-refractivity contribution in [2.75, 3.05) is 6.54 Å². The first-order chi connectivity index (χ1) is 14.1. The van der Waals surface area contributed by atoms with Crippen molar-refractivity contribution >= 4 is 31.7 Å². The molecule has 0 spiro atoms. The largest absolute Gasteiger partial charge is 0.494 e. The molecular weight excluding hydrogens is 392 g/mol. The lowest BCUT2D eigenvalue weighted by molar-refractivity contribution is -0.118. The third-order valence-corrected chi connectivity index (χ3v) is 6.89. The maximum Gasteiger partial charge on any atom is 0.494 e. The molecular formula is C23H35B2NO5. The van der Waals surface area contributed by atoms with Crippen molar-refractivity contribution in [3.8, 4) is 0 Å². The average Bonchev–Trinajstić information content (AvgIpc) is 2.98. The molecule has 2 aliphatic rings. The van der Waals surface area contributed by atoms with E-state index in [2.05, 4.69) is 5.32 Å². The SMILES string of the molecule is CC(=O)NCC(=Cc1cccc(B2OC(C)(C)C(C)(C)O2)c1)B1OC(C)(C)C(C)(C)O1. The Morgan fingerprint density at radius 3 is 1.94 bits per heavy atom. The molecule has 0 unspecified atom stereocenters. The Morgan fingerprint density at radius 1 is 0.903 bits per heavy atom. The number of hydrogen-bond acceptors (Lipinski definition) is 5. The first-order valence-corrected chi connectivity index (χ1v) is 10.9. The van der Waals surface area contributed by atoms with Crippen molar-refractivity contribution in [1.82, 2.24) is 5.32 Å². The topological polar surface area (TPSA) is 66.0 Å². The predicted octanol–water partition coefficient (Wildman–Crippen LogP) is 3.14. The summed E-state index contributed by atoms with van der Waals surface area (Å²) in [5.74, 6) is -0.103. The second-order valence-electron chi connectivity index (χ2n) is 10.5. The summed E-state index contributed by atoms with van der Waals surface area (Å²) in [5.41, 5.74) is 1.03. The highest BCUT2D eigenvalue weighted by atomic mass is 16.7. The van der Waals surface area contributed by atoms with E-state index in [0.717, 1.165) is 16.5 Å². The maximum absolute atomic E-state index is 11.6. The van der Waals surface area contributed by atoms with E-state index in [1.54, 1.807) is 0 Å². The van der Waals surface area contributed by atoms with Crippen LogP contribution in [0.2, 0.25) is 0 Å². The quantitative estimate of drug-likeness (QED) is 0.732. The summed E-state index contributed by atoms with van der Waals surface area (Å²) in [6, 6.07) is 8.03. The summed E-state index contributed by atoms with van der Waals surface area (Å²) in [4.78, 5) is 11.6. The van der Waals surface area contributed by atoms with E-state index in [4.69, 9.17) is 18.6 Å². The third-order valence-electron chi connectivity index (χ3n) is 6.89. The Kier molecular flexibility index (Phi) is 6.26. The molecule has 6 nitrogen and oxygen atoms in total. The Bertz CT molecular complexity index is 846. The number of carbonyl (C=O) groups excluding carboxylic acids is 1. The zero-order valence-corrected chi connectivity index (χ0v) is 20.3. The summed E-state index contributed by atoms with van der Waals surface area (Å²) in [6.07, 6.45) is 2.01. The second kappa shape index (κ2) is 8.07. The monoisotopic (exact) mass is 427 g/mol. The number of hydrogen-bond donors (Lipinski definition) is 1. The lowest BCUT2D eigenvalue weighted by atomic mass is 9.75. The van der Waals surface area contributed by atoms with Gasteiger partial charge in [-0.05, 0) is 71.9 Å². The zero-order chi connectivity index (χ0) is 23.2. The van der Waals surface area contributed by atoms with Crippen LogP contribution in [0.5, 0.6) is 0 Å². The van der Waals surface area contributed by atoms with Crippen LogP contribution in [0.1, 0.15) is 67.9 Å². The number of benzene rings is 1. The highest BCUT2D eigenvalue weighted by molar-refractivity contribution is 6.62. The molecule has 2 saturated heterocycles. The number of carbonyl (C=O) groups is 1. The van der Waals surface area contributed by atoms with E-state index in [-0.39, 0.29) is 5.91 Å². The van der Waals surface area contributed by atoms with Gasteiger partial charge in [0.15, 0.2) is 0 Å². The Morgan fingerprint density at radius 2 is 1.42 bits per heavy atom. The van der Waals surface area contributed by atoms with Crippen LogP contribution >= 0.6 is 0 Å². The molecule has 0 aliphatic carbocycles. The number of rotatable bonds is 5. The molecule has 8 heteroatoms. The van der Waals surface area contributed by atoms with E-state index in [1.807, 2.05) is 85.7 Å². The Hall–Kier alpha value is -1.60. The first kappa shape index (κ1) is 24.1. The van der Waals surface area contributed by atoms with Gasteiger partial charge in [-0.2, -0.15) is 0 Å². The van der Waals surface area contributed by atoms with Gasteiger partial charge in [-0.25, -0.2) is 0 Å². The zero-order valence-electron chi connectivity index (χ0n) is 20.3. The van der Waals surface area contributed by atoms with Gasteiger partial charge in [0, 0.05) is 13.5 Å². The Labute approximate surface area is 187 Å². The standard InChI is InChI=1S/C23H35B2NO5/c1-16(27)26-15-19(25-30-22(6,7)23(8,9)31-25)14-17-11-10-12-18(13-17)24-28-20(2,3)21(4,5)29-24/h10-14H,15H2,1-9H3,(H,26,27). The molecule has 1 N–H and O–H groups in total. The summed E-state index contributed by atoms with van der Waals surface area (Å²) >= 11 is 0.